The minimum absolute atomic E-state index is 0.173. The molecule has 0 aromatic heterocycles. The zero-order valence-electron chi connectivity index (χ0n) is 11.7. The second-order valence-corrected chi connectivity index (χ2v) is 5.33. The molecule has 11 heteroatoms. The van der Waals surface area contributed by atoms with Crippen LogP contribution in [0.3, 0.4) is 0 Å². The molecule has 0 aliphatic carbocycles. The van der Waals surface area contributed by atoms with Crippen molar-refractivity contribution in [2.24, 2.45) is 5.73 Å². The van der Waals surface area contributed by atoms with E-state index in [2.05, 4.69) is 5.32 Å². The Kier molecular flexibility index (Phi) is 4.86. The molecule has 0 fully saturated rings. The summed E-state index contributed by atoms with van der Waals surface area (Å²) in [4.78, 5) is 32.0. The first-order valence-corrected chi connectivity index (χ1v) is 6.95. The number of nitrogens with two attached hydrogens (primary N) is 1. The van der Waals surface area contributed by atoms with Crippen LogP contribution in [0.5, 0.6) is 0 Å². The number of benzene rings is 2. The Bertz CT molecular complexity index is 836. The van der Waals surface area contributed by atoms with Crippen LogP contribution in [-0.2, 0) is 0 Å². The van der Waals surface area contributed by atoms with Crippen LogP contribution < -0.4 is 11.1 Å². The van der Waals surface area contributed by atoms with Crippen molar-refractivity contribution in [3.05, 3.63) is 66.2 Å². The molecule has 9 nitrogen and oxygen atoms in total. The lowest BCUT2D eigenvalue weighted by molar-refractivity contribution is -0.393. The van der Waals surface area contributed by atoms with E-state index >= 15 is 0 Å². The van der Waals surface area contributed by atoms with E-state index in [-0.39, 0.29) is 21.4 Å². The predicted octanol–water partition coefficient (Wildman–Crippen LogP) is 3.65. The van der Waals surface area contributed by atoms with Gasteiger partial charge < -0.3 is 11.1 Å². The summed E-state index contributed by atoms with van der Waals surface area (Å²) < 4.78 is 0. The quantitative estimate of drug-likeness (QED) is 0.607. The highest BCUT2D eigenvalue weighted by Gasteiger charge is 2.26. The van der Waals surface area contributed by atoms with Crippen molar-refractivity contribution in [1.29, 1.82) is 0 Å². The number of carbonyl (C=O) groups is 1. The molecule has 0 aliphatic rings. The number of nitro groups is 2. The third-order valence-electron chi connectivity index (χ3n) is 2.96. The fourth-order valence-corrected chi connectivity index (χ4v) is 2.20. The van der Waals surface area contributed by atoms with Gasteiger partial charge in [0.25, 0.3) is 17.3 Å². The molecule has 0 radical (unpaired) electrons. The average Bonchev–Trinajstić information content (AvgIpc) is 2.50. The number of non-ortho nitro benzene ring substituents is 1. The Morgan fingerprint density at radius 1 is 1.04 bits per heavy atom. The van der Waals surface area contributed by atoms with E-state index in [9.17, 15) is 25.0 Å². The minimum atomic E-state index is -1.07. The molecule has 3 N–H and O–H groups in total. The number of amides is 1. The maximum Gasteiger partial charge on any atom is 0.300 e. The molecular formula is C13H8Cl2N4O5. The average molecular weight is 371 g/mol. The lowest BCUT2D eigenvalue weighted by Gasteiger charge is -2.11. The standard InChI is InChI=1S/C13H8Cl2N4O5/c14-9-2-1-6(3-10(9)15)17-12-8(13(16)20)4-7(18(21)22)5-11(12)19(23)24/h1-5,17H,(H2,16,20). The predicted molar refractivity (Wildman–Crippen MR) is 88.0 cm³/mol. The van der Waals surface area contributed by atoms with Crippen LogP contribution in [-0.4, -0.2) is 15.8 Å². The molecule has 2 aromatic rings. The lowest BCUT2D eigenvalue weighted by Crippen LogP contribution is -2.15. The third-order valence-corrected chi connectivity index (χ3v) is 3.70. The Hall–Kier alpha value is -2.91. The zero-order valence-corrected chi connectivity index (χ0v) is 13.2. The molecule has 0 bridgehead atoms. The summed E-state index contributed by atoms with van der Waals surface area (Å²) in [7, 11) is 0. The van der Waals surface area contributed by atoms with Gasteiger partial charge in [-0.15, -0.1) is 0 Å². The number of anilines is 2. The van der Waals surface area contributed by atoms with E-state index in [0.29, 0.717) is 0 Å². The minimum Gasteiger partial charge on any atom is -0.366 e. The highest BCUT2D eigenvalue weighted by Crippen LogP contribution is 2.36. The molecule has 0 unspecified atom stereocenters. The molecule has 0 aliphatic heterocycles. The molecule has 0 saturated carbocycles. The van der Waals surface area contributed by atoms with Gasteiger partial charge in [-0.05, 0) is 18.2 Å². The summed E-state index contributed by atoms with van der Waals surface area (Å²) in [5.41, 5.74) is 3.48. The van der Waals surface area contributed by atoms with Crippen LogP contribution in [0, 0.1) is 20.2 Å². The smallest absolute Gasteiger partial charge is 0.300 e. The van der Waals surface area contributed by atoms with Gasteiger partial charge in [-0.2, -0.15) is 0 Å². The van der Waals surface area contributed by atoms with Crippen LogP contribution in [0.15, 0.2) is 30.3 Å². The molecule has 2 aromatic carbocycles. The van der Waals surface area contributed by atoms with Crippen LogP contribution in [0.25, 0.3) is 0 Å². The van der Waals surface area contributed by atoms with E-state index < -0.39 is 32.7 Å². The van der Waals surface area contributed by atoms with Crippen LogP contribution in [0.1, 0.15) is 10.4 Å². The fraction of sp³-hybridized carbons (Fsp3) is 0. The van der Waals surface area contributed by atoms with Crippen molar-refractivity contribution < 1.29 is 14.6 Å². The Morgan fingerprint density at radius 2 is 1.71 bits per heavy atom. The number of carbonyl (C=O) groups excluding carboxylic acids is 1. The van der Waals surface area contributed by atoms with E-state index in [0.717, 1.165) is 12.1 Å². The zero-order chi connectivity index (χ0) is 18.0. The van der Waals surface area contributed by atoms with Gasteiger partial charge in [0.15, 0.2) is 0 Å². The van der Waals surface area contributed by atoms with Gasteiger partial charge in [-0.3, -0.25) is 25.0 Å². The number of primary amides is 1. The number of nitrogens with zero attached hydrogens (tertiary/aromatic N) is 2. The topological polar surface area (TPSA) is 141 Å². The van der Waals surface area contributed by atoms with Crippen molar-refractivity contribution >= 4 is 51.9 Å². The number of rotatable bonds is 5. The summed E-state index contributed by atoms with van der Waals surface area (Å²) in [5.74, 6) is -1.07. The highest BCUT2D eigenvalue weighted by atomic mass is 35.5. The third kappa shape index (κ3) is 3.53. The number of nitro benzene ring substituents is 2. The normalized spacial score (nSPS) is 10.2. The van der Waals surface area contributed by atoms with Crippen molar-refractivity contribution in [2.45, 2.75) is 0 Å². The van der Waals surface area contributed by atoms with Gasteiger partial charge in [-0.25, -0.2) is 0 Å². The van der Waals surface area contributed by atoms with Gasteiger partial charge >= 0.3 is 0 Å². The van der Waals surface area contributed by atoms with Crippen molar-refractivity contribution in [3.8, 4) is 0 Å². The fourth-order valence-electron chi connectivity index (χ4n) is 1.91. The summed E-state index contributed by atoms with van der Waals surface area (Å²) in [6.07, 6.45) is 0. The first-order chi connectivity index (χ1) is 11.2. The first kappa shape index (κ1) is 17.4. The summed E-state index contributed by atoms with van der Waals surface area (Å²) in [6.45, 7) is 0. The van der Waals surface area contributed by atoms with Crippen LogP contribution in [0.2, 0.25) is 10.0 Å². The highest BCUT2D eigenvalue weighted by molar-refractivity contribution is 6.42. The maximum atomic E-state index is 11.6. The monoisotopic (exact) mass is 370 g/mol. The Balaban J connectivity index is 2.65. The van der Waals surface area contributed by atoms with E-state index in [1.807, 2.05) is 0 Å². The molecular weight excluding hydrogens is 363 g/mol. The van der Waals surface area contributed by atoms with Crippen molar-refractivity contribution in [1.82, 2.24) is 0 Å². The molecule has 0 heterocycles. The molecule has 0 spiro atoms. The SMILES string of the molecule is NC(=O)c1cc([N+](=O)[O-])cc([N+](=O)[O-])c1Nc1ccc(Cl)c(Cl)c1. The number of hydrogen-bond donors (Lipinski definition) is 2. The van der Waals surface area contributed by atoms with Gasteiger partial charge in [0, 0.05) is 11.8 Å². The number of nitrogens with one attached hydrogen (secondary N) is 1. The lowest BCUT2D eigenvalue weighted by atomic mass is 10.1. The molecule has 0 saturated heterocycles. The van der Waals surface area contributed by atoms with E-state index in [1.54, 1.807) is 0 Å². The molecule has 2 rings (SSSR count). The maximum absolute atomic E-state index is 11.6. The van der Waals surface area contributed by atoms with Crippen LogP contribution in [0.4, 0.5) is 22.7 Å². The number of halogens is 2. The van der Waals surface area contributed by atoms with Crippen molar-refractivity contribution in [3.63, 3.8) is 0 Å². The summed E-state index contributed by atoms with van der Waals surface area (Å²) in [6, 6.07) is 5.86. The second-order valence-electron chi connectivity index (χ2n) is 4.52. The number of hydrogen-bond acceptors (Lipinski definition) is 6. The van der Waals surface area contributed by atoms with E-state index in [4.69, 9.17) is 28.9 Å². The van der Waals surface area contributed by atoms with E-state index in [1.165, 1.54) is 18.2 Å². The molecule has 1 amide bonds. The van der Waals surface area contributed by atoms with Crippen LogP contribution >= 0.6 is 23.2 Å². The molecule has 24 heavy (non-hydrogen) atoms. The largest absolute Gasteiger partial charge is 0.366 e. The van der Waals surface area contributed by atoms with Crippen molar-refractivity contribution in [2.75, 3.05) is 5.32 Å². The molecule has 0 atom stereocenters. The van der Waals surface area contributed by atoms with Gasteiger partial charge in [-0.1, -0.05) is 23.2 Å². The van der Waals surface area contributed by atoms with Gasteiger partial charge in [0.2, 0.25) is 0 Å². The summed E-state index contributed by atoms with van der Waals surface area (Å²) in [5, 5.41) is 25.2. The van der Waals surface area contributed by atoms with Gasteiger partial charge in [0.05, 0.1) is 31.5 Å². The van der Waals surface area contributed by atoms with Gasteiger partial charge in [0.1, 0.15) is 5.69 Å². The Labute approximate surface area is 144 Å². The second kappa shape index (κ2) is 6.69. The summed E-state index contributed by atoms with van der Waals surface area (Å²) >= 11 is 11.7. The first-order valence-electron chi connectivity index (χ1n) is 6.19. The molecule has 124 valence electrons. The Morgan fingerprint density at radius 3 is 2.21 bits per heavy atom.